The zero-order valence-corrected chi connectivity index (χ0v) is 13.6. The molecule has 0 radical (unpaired) electrons. The normalized spacial score (nSPS) is 12.2. The minimum atomic E-state index is -1.15. The maximum Gasteiger partial charge on any atom is 0.358 e. The van der Waals surface area contributed by atoms with Crippen LogP contribution in [-0.4, -0.2) is 32.0 Å². The largest absolute Gasteiger partial charge is 0.476 e. The first-order valence-electron chi connectivity index (χ1n) is 7.37. The predicted molar refractivity (Wildman–Crippen MR) is 85.6 cm³/mol. The van der Waals surface area contributed by atoms with E-state index in [1.54, 1.807) is 6.92 Å². The monoisotopic (exact) mass is 316 g/mol. The number of hydrogen-bond acceptors (Lipinski definition) is 4. The van der Waals surface area contributed by atoms with Gasteiger partial charge in [-0.2, -0.15) is 0 Å². The van der Waals surface area contributed by atoms with Crippen LogP contribution in [0.1, 0.15) is 54.5 Å². The number of hydrogen-bond donors (Lipinski definition) is 2. The molecule has 0 fully saturated rings. The lowest BCUT2D eigenvalue weighted by Gasteiger charge is -2.16. The molecule has 1 amide bonds. The lowest BCUT2D eigenvalue weighted by atomic mass is 10.1. The van der Waals surface area contributed by atoms with E-state index in [1.165, 1.54) is 4.68 Å². The molecule has 2 rings (SSSR count). The van der Waals surface area contributed by atoms with Crippen LogP contribution in [0.25, 0.3) is 0 Å². The second kappa shape index (κ2) is 6.60. The third-order valence-electron chi connectivity index (χ3n) is 3.55. The van der Waals surface area contributed by atoms with Crippen molar-refractivity contribution in [1.82, 2.24) is 15.0 Å². The van der Waals surface area contributed by atoms with Gasteiger partial charge in [0.05, 0.1) is 5.69 Å². The van der Waals surface area contributed by atoms with Gasteiger partial charge < -0.3 is 10.4 Å². The predicted octanol–water partition coefficient (Wildman–Crippen LogP) is 2.61. The molecule has 1 heterocycles. The van der Waals surface area contributed by atoms with Gasteiger partial charge in [0.25, 0.3) is 0 Å². The Balaban J connectivity index is 2.25. The van der Waals surface area contributed by atoms with E-state index in [2.05, 4.69) is 15.6 Å². The molecular formula is C16H20N4O3. The summed E-state index contributed by atoms with van der Waals surface area (Å²) in [6, 6.07) is 6.75. The topological polar surface area (TPSA) is 97.1 Å². The maximum atomic E-state index is 12.4. The van der Waals surface area contributed by atoms with Crippen LogP contribution in [0, 0.1) is 6.92 Å². The Morgan fingerprint density at radius 2 is 1.78 bits per heavy atom. The van der Waals surface area contributed by atoms with Gasteiger partial charge in [-0.15, -0.1) is 5.10 Å². The number of rotatable bonds is 5. The number of carbonyl (C=O) groups is 2. The van der Waals surface area contributed by atoms with Gasteiger partial charge in [0.2, 0.25) is 5.91 Å². The molecule has 7 heteroatoms. The molecule has 0 saturated heterocycles. The molecule has 1 aromatic heterocycles. The number of carboxylic acids is 1. The molecule has 23 heavy (non-hydrogen) atoms. The summed E-state index contributed by atoms with van der Waals surface area (Å²) in [4.78, 5) is 23.6. The van der Waals surface area contributed by atoms with E-state index in [0.717, 1.165) is 5.56 Å². The number of aromatic carboxylic acids is 1. The molecule has 0 aliphatic heterocycles. The summed E-state index contributed by atoms with van der Waals surface area (Å²) in [5.41, 5.74) is 2.09. The second-order valence-corrected chi connectivity index (χ2v) is 5.76. The Bertz CT molecular complexity index is 719. The van der Waals surface area contributed by atoms with Gasteiger partial charge in [0.15, 0.2) is 5.69 Å². The SMILES string of the molecule is Cc1ccc(NC(=O)C(C)n2nnc(C(=O)O)c2C(C)C)cc1. The fraction of sp³-hybridized carbons (Fsp3) is 0.375. The van der Waals surface area contributed by atoms with Crippen LogP contribution in [0.4, 0.5) is 5.69 Å². The van der Waals surface area contributed by atoms with Crippen LogP contribution < -0.4 is 5.32 Å². The highest BCUT2D eigenvalue weighted by atomic mass is 16.4. The van der Waals surface area contributed by atoms with E-state index >= 15 is 0 Å². The Morgan fingerprint density at radius 3 is 2.30 bits per heavy atom. The number of aromatic nitrogens is 3. The van der Waals surface area contributed by atoms with E-state index in [1.807, 2.05) is 45.0 Å². The fourth-order valence-electron chi connectivity index (χ4n) is 2.27. The molecule has 122 valence electrons. The fourth-order valence-corrected chi connectivity index (χ4v) is 2.27. The molecule has 1 unspecified atom stereocenters. The number of benzene rings is 1. The maximum absolute atomic E-state index is 12.4. The van der Waals surface area contributed by atoms with Crippen molar-refractivity contribution in [3.8, 4) is 0 Å². The van der Waals surface area contributed by atoms with Gasteiger partial charge in [-0.05, 0) is 31.9 Å². The van der Waals surface area contributed by atoms with Crippen molar-refractivity contribution in [2.75, 3.05) is 5.32 Å². The zero-order valence-electron chi connectivity index (χ0n) is 13.6. The van der Waals surface area contributed by atoms with Crippen LogP contribution in [0.5, 0.6) is 0 Å². The van der Waals surface area contributed by atoms with E-state index in [9.17, 15) is 14.7 Å². The van der Waals surface area contributed by atoms with Crippen LogP contribution in [0.3, 0.4) is 0 Å². The lowest BCUT2D eigenvalue weighted by molar-refractivity contribution is -0.119. The molecule has 0 spiro atoms. The van der Waals surface area contributed by atoms with Crippen molar-refractivity contribution in [3.05, 3.63) is 41.2 Å². The third kappa shape index (κ3) is 3.56. The van der Waals surface area contributed by atoms with Gasteiger partial charge in [0, 0.05) is 5.69 Å². The van der Waals surface area contributed by atoms with Gasteiger partial charge in [0.1, 0.15) is 6.04 Å². The number of nitrogens with one attached hydrogen (secondary N) is 1. The van der Waals surface area contributed by atoms with E-state index in [0.29, 0.717) is 11.4 Å². The summed E-state index contributed by atoms with van der Waals surface area (Å²) in [6.07, 6.45) is 0. The quantitative estimate of drug-likeness (QED) is 0.883. The molecule has 0 aliphatic carbocycles. The van der Waals surface area contributed by atoms with E-state index in [4.69, 9.17) is 0 Å². The van der Waals surface area contributed by atoms with Crippen molar-refractivity contribution in [2.45, 2.75) is 39.7 Å². The third-order valence-corrected chi connectivity index (χ3v) is 3.55. The van der Waals surface area contributed by atoms with Crippen LogP contribution >= 0.6 is 0 Å². The summed E-state index contributed by atoms with van der Waals surface area (Å²) in [7, 11) is 0. The zero-order chi connectivity index (χ0) is 17.1. The van der Waals surface area contributed by atoms with E-state index < -0.39 is 12.0 Å². The van der Waals surface area contributed by atoms with Crippen molar-refractivity contribution in [3.63, 3.8) is 0 Å². The van der Waals surface area contributed by atoms with Gasteiger partial charge in [-0.25, -0.2) is 9.48 Å². The first-order valence-corrected chi connectivity index (χ1v) is 7.37. The van der Waals surface area contributed by atoms with Crippen LogP contribution in [-0.2, 0) is 4.79 Å². The molecule has 0 saturated carbocycles. The van der Waals surface area contributed by atoms with Crippen LogP contribution in [0.15, 0.2) is 24.3 Å². The van der Waals surface area contributed by atoms with Gasteiger partial charge in [-0.3, -0.25) is 4.79 Å². The smallest absolute Gasteiger partial charge is 0.358 e. The first-order chi connectivity index (χ1) is 10.8. The molecule has 1 aromatic carbocycles. The summed E-state index contributed by atoms with van der Waals surface area (Å²) < 4.78 is 1.37. The Morgan fingerprint density at radius 1 is 1.17 bits per heavy atom. The average molecular weight is 316 g/mol. The number of nitrogens with zero attached hydrogens (tertiary/aromatic N) is 3. The number of carboxylic acid groups (broad SMARTS) is 1. The minimum Gasteiger partial charge on any atom is -0.476 e. The second-order valence-electron chi connectivity index (χ2n) is 5.76. The number of carbonyl (C=O) groups excluding carboxylic acids is 1. The average Bonchev–Trinajstić information content (AvgIpc) is 2.94. The molecule has 7 nitrogen and oxygen atoms in total. The molecule has 0 aliphatic rings. The van der Waals surface area contributed by atoms with Gasteiger partial charge >= 0.3 is 5.97 Å². The standard InChI is InChI=1S/C16H20N4O3/c1-9(2)14-13(16(22)23)18-19-20(14)11(4)15(21)17-12-7-5-10(3)6-8-12/h5-9,11H,1-4H3,(H,17,21)(H,22,23). The minimum absolute atomic E-state index is 0.116. The molecule has 2 N–H and O–H groups in total. The Kier molecular flexibility index (Phi) is 4.78. The highest BCUT2D eigenvalue weighted by Crippen LogP contribution is 2.22. The summed E-state index contributed by atoms with van der Waals surface area (Å²) in [6.45, 7) is 7.31. The molecule has 1 atom stereocenters. The summed E-state index contributed by atoms with van der Waals surface area (Å²) >= 11 is 0. The first kappa shape index (κ1) is 16.7. The van der Waals surface area contributed by atoms with Crippen molar-refractivity contribution < 1.29 is 14.7 Å². The highest BCUT2D eigenvalue weighted by Gasteiger charge is 2.27. The van der Waals surface area contributed by atoms with Crippen molar-refractivity contribution in [1.29, 1.82) is 0 Å². The number of amides is 1. The Labute approximate surface area is 134 Å². The number of anilines is 1. The Hall–Kier alpha value is -2.70. The van der Waals surface area contributed by atoms with Crippen molar-refractivity contribution in [2.24, 2.45) is 0 Å². The van der Waals surface area contributed by atoms with Crippen LogP contribution in [0.2, 0.25) is 0 Å². The summed E-state index contributed by atoms with van der Waals surface area (Å²) in [5, 5.41) is 19.5. The molecular weight excluding hydrogens is 296 g/mol. The summed E-state index contributed by atoms with van der Waals surface area (Å²) in [5.74, 6) is -1.55. The van der Waals surface area contributed by atoms with Gasteiger partial charge in [-0.1, -0.05) is 36.8 Å². The lowest BCUT2D eigenvalue weighted by Crippen LogP contribution is -2.26. The number of aryl methyl sites for hydroxylation is 1. The molecule has 2 aromatic rings. The molecule has 0 bridgehead atoms. The highest BCUT2D eigenvalue weighted by molar-refractivity contribution is 5.93. The van der Waals surface area contributed by atoms with E-state index in [-0.39, 0.29) is 17.5 Å². The van der Waals surface area contributed by atoms with Crippen molar-refractivity contribution >= 4 is 17.6 Å².